The number of thiazole rings is 1. The van der Waals surface area contributed by atoms with E-state index in [1.54, 1.807) is 34.7 Å². The number of hydrogen-bond acceptors (Lipinski definition) is 6. The Balaban J connectivity index is 1.56. The number of thioether (sulfide) groups is 1. The number of benzene rings is 1. The molecule has 0 saturated heterocycles. The summed E-state index contributed by atoms with van der Waals surface area (Å²) in [4.78, 5) is 22.4. The molecule has 0 atom stereocenters. The van der Waals surface area contributed by atoms with Gasteiger partial charge < -0.3 is 0 Å². The Morgan fingerprint density at radius 2 is 1.96 bits per heavy atom. The molecule has 4 nitrogen and oxygen atoms in total. The number of hydrogen-bond donors (Lipinski definition) is 0. The zero-order chi connectivity index (χ0) is 16.5. The third kappa shape index (κ3) is 2.90. The molecule has 0 amide bonds. The molecule has 0 unspecified atom stereocenters. The summed E-state index contributed by atoms with van der Waals surface area (Å²) >= 11 is 4.68. The first kappa shape index (κ1) is 15.6. The van der Waals surface area contributed by atoms with E-state index in [0.29, 0.717) is 11.1 Å². The lowest BCUT2D eigenvalue weighted by Gasteiger charge is -2.05. The Bertz CT molecular complexity index is 1050. The van der Waals surface area contributed by atoms with Crippen LogP contribution in [0.3, 0.4) is 0 Å². The number of rotatable bonds is 4. The van der Waals surface area contributed by atoms with Crippen LogP contribution in [0.4, 0.5) is 0 Å². The first-order valence-corrected chi connectivity index (χ1v) is 10.0. The maximum atomic E-state index is 12.3. The highest BCUT2D eigenvalue weighted by molar-refractivity contribution is 7.98. The first-order valence-electron chi connectivity index (χ1n) is 7.29. The van der Waals surface area contributed by atoms with Crippen molar-refractivity contribution in [2.75, 3.05) is 0 Å². The van der Waals surface area contributed by atoms with E-state index < -0.39 is 0 Å². The van der Waals surface area contributed by atoms with Gasteiger partial charge in [0.05, 0.1) is 11.1 Å². The Morgan fingerprint density at radius 1 is 1.12 bits per heavy atom. The summed E-state index contributed by atoms with van der Waals surface area (Å²) in [5, 5.41) is 6.40. The standard InChI is InChI=1S/C17H13N3OS3/c1-20-16(21)13-7-8-22-15(13)19-17(20)24-10-12-9-23-14(18-12)11-5-3-2-4-6-11/h2-9H,10H2,1H3. The van der Waals surface area contributed by atoms with Crippen molar-refractivity contribution >= 4 is 44.7 Å². The monoisotopic (exact) mass is 371 g/mol. The van der Waals surface area contributed by atoms with E-state index in [9.17, 15) is 4.79 Å². The van der Waals surface area contributed by atoms with Gasteiger partial charge in [-0.3, -0.25) is 9.36 Å². The number of aromatic nitrogens is 3. The van der Waals surface area contributed by atoms with Crippen molar-refractivity contribution in [2.24, 2.45) is 7.05 Å². The zero-order valence-corrected chi connectivity index (χ0v) is 15.3. The first-order chi connectivity index (χ1) is 11.7. The van der Waals surface area contributed by atoms with E-state index in [-0.39, 0.29) is 5.56 Å². The van der Waals surface area contributed by atoms with Crippen LogP contribution in [0, 0.1) is 0 Å². The molecule has 0 N–H and O–H groups in total. The Labute approximate surface area is 150 Å². The van der Waals surface area contributed by atoms with Crippen LogP contribution in [0.15, 0.2) is 57.1 Å². The molecule has 1 aromatic carbocycles. The van der Waals surface area contributed by atoms with E-state index >= 15 is 0 Å². The Morgan fingerprint density at radius 3 is 2.79 bits per heavy atom. The summed E-state index contributed by atoms with van der Waals surface area (Å²) in [6, 6.07) is 12.0. The van der Waals surface area contributed by atoms with Gasteiger partial charge in [0, 0.05) is 23.7 Å². The minimum atomic E-state index is 0.00648. The molecule has 0 aliphatic carbocycles. The van der Waals surface area contributed by atoms with Crippen molar-refractivity contribution in [3.8, 4) is 10.6 Å². The molecule has 0 bridgehead atoms. The van der Waals surface area contributed by atoms with Crippen LogP contribution >= 0.6 is 34.4 Å². The molecule has 4 aromatic rings. The van der Waals surface area contributed by atoms with Crippen LogP contribution in [0.2, 0.25) is 0 Å². The maximum Gasteiger partial charge on any atom is 0.262 e. The molecule has 0 saturated carbocycles. The second kappa shape index (κ2) is 6.51. The lowest BCUT2D eigenvalue weighted by molar-refractivity contribution is 0.728. The van der Waals surface area contributed by atoms with Gasteiger partial charge in [0.15, 0.2) is 5.16 Å². The molecule has 7 heteroatoms. The fourth-order valence-corrected chi connectivity index (χ4v) is 4.94. The molecule has 0 radical (unpaired) electrons. The normalized spacial score (nSPS) is 11.2. The number of nitrogens with zero attached hydrogens (tertiary/aromatic N) is 3. The molecule has 0 spiro atoms. The third-order valence-electron chi connectivity index (χ3n) is 3.59. The van der Waals surface area contributed by atoms with Crippen LogP contribution in [-0.2, 0) is 12.8 Å². The maximum absolute atomic E-state index is 12.3. The van der Waals surface area contributed by atoms with Gasteiger partial charge in [-0.1, -0.05) is 42.1 Å². The van der Waals surface area contributed by atoms with Crippen molar-refractivity contribution in [2.45, 2.75) is 10.9 Å². The highest BCUT2D eigenvalue weighted by Gasteiger charge is 2.11. The lowest BCUT2D eigenvalue weighted by Crippen LogP contribution is -2.19. The molecule has 24 heavy (non-hydrogen) atoms. The molecule has 4 rings (SSSR count). The summed E-state index contributed by atoms with van der Waals surface area (Å²) < 4.78 is 1.62. The van der Waals surface area contributed by atoms with Crippen molar-refractivity contribution < 1.29 is 0 Å². The SMILES string of the molecule is Cn1c(SCc2csc(-c3ccccc3)n2)nc2sccc2c1=O. The molecule has 120 valence electrons. The average molecular weight is 372 g/mol. The highest BCUT2D eigenvalue weighted by atomic mass is 32.2. The van der Waals surface area contributed by atoms with Crippen molar-refractivity contribution in [1.82, 2.24) is 14.5 Å². The third-order valence-corrected chi connectivity index (χ3v) is 6.40. The van der Waals surface area contributed by atoms with Gasteiger partial charge in [0.1, 0.15) is 9.84 Å². The van der Waals surface area contributed by atoms with E-state index in [1.165, 1.54) is 11.3 Å². The summed E-state index contributed by atoms with van der Waals surface area (Å²) in [7, 11) is 1.77. The minimum absolute atomic E-state index is 0.00648. The van der Waals surface area contributed by atoms with Gasteiger partial charge >= 0.3 is 0 Å². The molecule has 0 fully saturated rings. The second-order valence-electron chi connectivity index (χ2n) is 5.20. The van der Waals surface area contributed by atoms with Gasteiger partial charge in [-0.2, -0.15) is 0 Å². The second-order valence-corrected chi connectivity index (χ2v) is 7.89. The molecule has 3 aromatic heterocycles. The lowest BCUT2D eigenvalue weighted by atomic mass is 10.2. The van der Waals surface area contributed by atoms with E-state index in [2.05, 4.69) is 27.5 Å². The quantitative estimate of drug-likeness (QED) is 0.394. The zero-order valence-electron chi connectivity index (χ0n) is 12.8. The van der Waals surface area contributed by atoms with E-state index in [0.717, 1.165) is 26.3 Å². The predicted molar refractivity (Wildman–Crippen MR) is 102 cm³/mol. The fourth-order valence-electron chi connectivity index (χ4n) is 2.33. The minimum Gasteiger partial charge on any atom is -0.290 e. The van der Waals surface area contributed by atoms with Crippen molar-refractivity contribution in [3.63, 3.8) is 0 Å². The number of fused-ring (bicyclic) bond motifs is 1. The topological polar surface area (TPSA) is 47.8 Å². The Hall–Kier alpha value is -1.96. The molecular formula is C17H13N3OS3. The van der Waals surface area contributed by atoms with Gasteiger partial charge in [0.25, 0.3) is 5.56 Å². The van der Waals surface area contributed by atoms with E-state index in [4.69, 9.17) is 0 Å². The van der Waals surface area contributed by atoms with Crippen molar-refractivity contribution in [3.05, 3.63) is 63.2 Å². The van der Waals surface area contributed by atoms with Crippen molar-refractivity contribution in [1.29, 1.82) is 0 Å². The van der Waals surface area contributed by atoms with E-state index in [1.807, 2.05) is 29.6 Å². The molecule has 3 heterocycles. The molecule has 0 aliphatic heterocycles. The summed E-state index contributed by atoms with van der Waals surface area (Å²) in [5.74, 6) is 0.695. The summed E-state index contributed by atoms with van der Waals surface area (Å²) in [6.45, 7) is 0. The largest absolute Gasteiger partial charge is 0.290 e. The molecule has 0 aliphatic rings. The highest BCUT2D eigenvalue weighted by Crippen LogP contribution is 2.27. The Kier molecular flexibility index (Phi) is 4.22. The summed E-state index contributed by atoms with van der Waals surface area (Å²) in [6.07, 6.45) is 0. The van der Waals surface area contributed by atoms with Crippen LogP contribution < -0.4 is 5.56 Å². The van der Waals surface area contributed by atoms with Gasteiger partial charge in [-0.05, 0) is 11.4 Å². The average Bonchev–Trinajstić information content (AvgIpc) is 3.27. The van der Waals surface area contributed by atoms with Gasteiger partial charge in [-0.25, -0.2) is 9.97 Å². The van der Waals surface area contributed by atoms with Crippen LogP contribution in [0.25, 0.3) is 20.8 Å². The summed E-state index contributed by atoms with van der Waals surface area (Å²) in [5.41, 5.74) is 2.14. The van der Waals surface area contributed by atoms with Crippen LogP contribution in [-0.4, -0.2) is 14.5 Å². The fraction of sp³-hybridized carbons (Fsp3) is 0.118. The number of thiophene rings is 1. The van der Waals surface area contributed by atoms with Crippen LogP contribution in [0.5, 0.6) is 0 Å². The molecular weight excluding hydrogens is 358 g/mol. The smallest absolute Gasteiger partial charge is 0.262 e. The van der Waals surface area contributed by atoms with Gasteiger partial charge in [0.2, 0.25) is 0 Å². The van der Waals surface area contributed by atoms with Gasteiger partial charge in [-0.15, -0.1) is 22.7 Å². The van der Waals surface area contributed by atoms with Crippen LogP contribution in [0.1, 0.15) is 5.69 Å². The predicted octanol–water partition coefficient (Wildman–Crippen LogP) is 4.41.